The first-order valence-corrected chi connectivity index (χ1v) is 8.65. The first kappa shape index (κ1) is 23.8. The van der Waals surface area contributed by atoms with Crippen molar-refractivity contribution < 1.29 is 9.47 Å². The van der Waals surface area contributed by atoms with Gasteiger partial charge >= 0.3 is 0 Å². The summed E-state index contributed by atoms with van der Waals surface area (Å²) in [5, 5.41) is 3.08. The number of anilines is 1. The van der Waals surface area contributed by atoms with Gasteiger partial charge in [-0.25, -0.2) is 0 Å². The molecule has 0 amide bonds. The second-order valence-corrected chi connectivity index (χ2v) is 5.65. The van der Waals surface area contributed by atoms with Crippen LogP contribution < -0.4 is 20.5 Å². The fourth-order valence-corrected chi connectivity index (χ4v) is 2.55. The fraction of sp³-hybridized carbons (Fsp3) is 0.611. The van der Waals surface area contributed by atoms with Gasteiger partial charge in [0.15, 0.2) is 5.96 Å². The minimum absolute atomic E-state index is 0. The third-order valence-corrected chi connectivity index (χ3v) is 3.66. The van der Waals surface area contributed by atoms with Gasteiger partial charge in [0, 0.05) is 12.6 Å². The lowest BCUT2D eigenvalue weighted by atomic mass is 10.2. The Morgan fingerprint density at radius 3 is 2.36 bits per heavy atom. The molecule has 7 heteroatoms. The van der Waals surface area contributed by atoms with Crippen molar-refractivity contribution in [1.82, 2.24) is 4.90 Å². The second kappa shape index (κ2) is 14.0. The van der Waals surface area contributed by atoms with Crippen LogP contribution in [-0.2, 0) is 0 Å². The van der Waals surface area contributed by atoms with E-state index in [0.717, 1.165) is 37.5 Å². The quantitative estimate of drug-likeness (QED) is 0.227. The van der Waals surface area contributed by atoms with Crippen LogP contribution in [0.3, 0.4) is 0 Å². The second-order valence-electron chi connectivity index (χ2n) is 5.65. The standard InChI is InChI=1S/C18H32N4O2.HI/c1-5-11-22(12-6-2)13-7-10-20-18(19)21-16-14-15(23-3)8-9-17(16)24-4;/h8-9,14H,5-7,10-13H2,1-4H3,(H3,19,20,21);1H. The monoisotopic (exact) mass is 464 g/mol. The molecule has 0 saturated carbocycles. The zero-order chi connectivity index (χ0) is 17.8. The van der Waals surface area contributed by atoms with Crippen LogP contribution in [0.1, 0.15) is 33.1 Å². The maximum absolute atomic E-state index is 5.98. The van der Waals surface area contributed by atoms with Gasteiger partial charge < -0.3 is 25.4 Å². The number of benzene rings is 1. The molecule has 0 aliphatic carbocycles. The number of nitrogens with two attached hydrogens (primary N) is 1. The van der Waals surface area contributed by atoms with E-state index in [9.17, 15) is 0 Å². The van der Waals surface area contributed by atoms with Crippen LogP contribution in [0.5, 0.6) is 11.5 Å². The molecule has 0 fully saturated rings. The zero-order valence-corrected chi connectivity index (χ0v) is 18.2. The Balaban J connectivity index is 0.00000576. The number of halogens is 1. The van der Waals surface area contributed by atoms with Crippen LogP contribution in [0.4, 0.5) is 5.69 Å². The van der Waals surface area contributed by atoms with E-state index in [0.29, 0.717) is 18.3 Å². The van der Waals surface area contributed by atoms with Gasteiger partial charge in [-0.15, -0.1) is 24.0 Å². The maximum Gasteiger partial charge on any atom is 0.193 e. The van der Waals surface area contributed by atoms with Gasteiger partial charge in [0.25, 0.3) is 0 Å². The van der Waals surface area contributed by atoms with Gasteiger partial charge in [0.2, 0.25) is 0 Å². The summed E-state index contributed by atoms with van der Waals surface area (Å²) in [5.41, 5.74) is 6.73. The molecule has 0 bridgehead atoms. The molecule has 144 valence electrons. The van der Waals surface area contributed by atoms with E-state index in [1.54, 1.807) is 14.2 Å². The topological polar surface area (TPSA) is 72.1 Å². The van der Waals surface area contributed by atoms with Crippen molar-refractivity contribution in [2.24, 2.45) is 10.7 Å². The highest BCUT2D eigenvalue weighted by atomic mass is 127. The minimum atomic E-state index is 0. The molecule has 0 aliphatic heterocycles. The maximum atomic E-state index is 5.98. The third-order valence-electron chi connectivity index (χ3n) is 3.66. The van der Waals surface area contributed by atoms with E-state index in [1.165, 1.54) is 12.8 Å². The first-order valence-electron chi connectivity index (χ1n) is 8.65. The molecule has 0 radical (unpaired) electrons. The molecule has 0 heterocycles. The highest BCUT2D eigenvalue weighted by Gasteiger charge is 2.06. The molecule has 0 aromatic heterocycles. The van der Waals surface area contributed by atoms with Crippen molar-refractivity contribution in [3.05, 3.63) is 18.2 Å². The summed E-state index contributed by atoms with van der Waals surface area (Å²) >= 11 is 0. The smallest absolute Gasteiger partial charge is 0.193 e. The fourth-order valence-electron chi connectivity index (χ4n) is 2.55. The number of ether oxygens (including phenoxy) is 2. The average Bonchev–Trinajstić information content (AvgIpc) is 2.59. The minimum Gasteiger partial charge on any atom is -0.497 e. The number of rotatable bonds is 11. The van der Waals surface area contributed by atoms with E-state index in [2.05, 4.69) is 29.1 Å². The highest BCUT2D eigenvalue weighted by molar-refractivity contribution is 14.0. The lowest BCUT2D eigenvalue weighted by molar-refractivity contribution is 0.273. The van der Waals surface area contributed by atoms with Gasteiger partial charge in [-0.1, -0.05) is 13.8 Å². The molecular weight excluding hydrogens is 431 g/mol. The van der Waals surface area contributed by atoms with Crippen molar-refractivity contribution in [3.8, 4) is 11.5 Å². The Labute approximate surface area is 169 Å². The van der Waals surface area contributed by atoms with Crippen molar-refractivity contribution >= 4 is 35.6 Å². The van der Waals surface area contributed by atoms with Gasteiger partial charge in [-0.3, -0.25) is 4.99 Å². The van der Waals surface area contributed by atoms with Crippen molar-refractivity contribution in [2.75, 3.05) is 45.7 Å². The predicted molar refractivity (Wildman–Crippen MR) is 117 cm³/mol. The Morgan fingerprint density at radius 1 is 1.12 bits per heavy atom. The van der Waals surface area contributed by atoms with E-state index < -0.39 is 0 Å². The molecule has 25 heavy (non-hydrogen) atoms. The highest BCUT2D eigenvalue weighted by Crippen LogP contribution is 2.28. The van der Waals surface area contributed by atoms with Crippen LogP contribution in [0.2, 0.25) is 0 Å². The number of aliphatic imine (C=N–C) groups is 1. The molecule has 0 spiro atoms. The largest absolute Gasteiger partial charge is 0.497 e. The molecule has 1 aromatic carbocycles. The van der Waals surface area contributed by atoms with E-state index in [-0.39, 0.29) is 24.0 Å². The van der Waals surface area contributed by atoms with E-state index >= 15 is 0 Å². The number of methoxy groups -OCH3 is 2. The van der Waals surface area contributed by atoms with Crippen LogP contribution in [0, 0.1) is 0 Å². The summed E-state index contributed by atoms with van der Waals surface area (Å²) in [4.78, 5) is 6.88. The van der Waals surface area contributed by atoms with Crippen molar-refractivity contribution in [3.63, 3.8) is 0 Å². The van der Waals surface area contributed by atoms with E-state index in [1.807, 2.05) is 18.2 Å². The number of nitrogens with one attached hydrogen (secondary N) is 1. The van der Waals surface area contributed by atoms with Crippen LogP contribution in [-0.4, -0.2) is 51.3 Å². The first-order chi connectivity index (χ1) is 11.6. The Bertz CT molecular complexity index is 506. The Kier molecular flexibility index (Phi) is 13.3. The molecule has 0 atom stereocenters. The molecule has 0 unspecified atom stereocenters. The summed E-state index contributed by atoms with van der Waals surface area (Å²) in [6.45, 7) is 8.48. The summed E-state index contributed by atoms with van der Waals surface area (Å²) < 4.78 is 10.5. The number of nitrogens with zero attached hydrogens (tertiary/aromatic N) is 2. The predicted octanol–water partition coefficient (Wildman–Crippen LogP) is 3.56. The van der Waals surface area contributed by atoms with E-state index in [4.69, 9.17) is 15.2 Å². The van der Waals surface area contributed by atoms with Crippen LogP contribution in [0.25, 0.3) is 0 Å². The van der Waals surface area contributed by atoms with Crippen molar-refractivity contribution in [1.29, 1.82) is 0 Å². The molecule has 1 aromatic rings. The number of guanidine groups is 1. The summed E-state index contributed by atoms with van der Waals surface area (Å²) in [6, 6.07) is 5.51. The number of hydrogen-bond donors (Lipinski definition) is 2. The lowest BCUT2D eigenvalue weighted by Crippen LogP contribution is -2.27. The van der Waals surface area contributed by atoms with Crippen molar-refractivity contribution in [2.45, 2.75) is 33.1 Å². The summed E-state index contributed by atoms with van der Waals surface area (Å²) in [6.07, 6.45) is 3.36. The molecule has 1 rings (SSSR count). The third kappa shape index (κ3) is 9.15. The SMILES string of the molecule is CCCN(CCC)CCCN=C(N)Nc1cc(OC)ccc1OC.I. The molecule has 3 N–H and O–H groups in total. The lowest BCUT2D eigenvalue weighted by Gasteiger charge is -2.20. The van der Waals surface area contributed by atoms with Gasteiger partial charge in [-0.05, 0) is 51.0 Å². The molecule has 0 saturated heterocycles. The van der Waals surface area contributed by atoms with Gasteiger partial charge in [-0.2, -0.15) is 0 Å². The van der Waals surface area contributed by atoms with Gasteiger partial charge in [0.05, 0.1) is 19.9 Å². The zero-order valence-electron chi connectivity index (χ0n) is 15.9. The normalized spacial score (nSPS) is 11.2. The Morgan fingerprint density at radius 2 is 1.80 bits per heavy atom. The summed E-state index contributed by atoms with van der Waals surface area (Å²) in [7, 11) is 3.25. The molecule has 6 nitrogen and oxygen atoms in total. The van der Waals surface area contributed by atoms with Crippen LogP contribution >= 0.6 is 24.0 Å². The van der Waals surface area contributed by atoms with Gasteiger partial charge in [0.1, 0.15) is 11.5 Å². The molecule has 0 aliphatic rings. The molecular formula is C18H33IN4O2. The summed E-state index contributed by atoms with van der Waals surface area (Å²) in [5.74, 6) is 1.82. The Hall–Kier alpha value is -1.22. The average molecular weight is 464 g/mol. The van der Waals surface area contributed by atoms with Crippen LogP contribution in [0.15, 0.2) is 23.2 Å². The number of hydrogen-bond acceptors (Lipinski definition) is 4.